The minimum atomic E-state index is 0.245. The number of aliphatic hydroxyl groups is 1. The van der Waals surface area contributed by atoms with Crippen molar-refractivity contribution in [1.29, 1.82) is 5.26 Å². The molecule has 3 nitrogen and oxygen atoms in total. The summed E-state index contributed by atoms with van der Waals surface area (Å²) < 4.78 is 0. The van der Waals surface area contributed by atoms with Gasteiger partial charge in [-0.15, -0.1) is 0 Å². The van der Waals surface area contributed by atoms with E-state index in [4.69, 9.17) is 5.26 Å². The molecule has 1 aromatic carbocycles. The third-order valence-corrected chi connectivity index (χ3v) is 3.55. The average Bonchev–Trinajstić information content (AvgIpc) is 2.79. The largest absolute Gasteiger partial charge is 0.395 e. The van der Waals surface area contributed by atoms with Gasteiger partial charge in [-0.3, -0.25) is 4.90 Å². The Labute approximate surface area is 102 Å². The van der Waals surface area contributed by atoms with Crippen molar-refractivity contribution in [1.82, 2.24) is 4.90 Å². The van der Waals surface area contributed by atoms with Gasteiger partial charge in [-0.1, -0.05) is 6.07 Å². The molecule has 3 heteroatoms. The molecule has 90 valence electrons. The Morgan fingerprint density at radius 3 is 3.00 bits per heavy atom. The van der Waals surface area contributed by atoms with Crippen molar-refractivity contribution in [3.05, 3.63) is 34.9 Å². The lowest BCUT2D eigenvalue weighted by molar-refractivity contribution is 0.153. The van der Waals surface area contributed by atoms with Gasteiger partial charge in [0, 0.05) is 12.6 Å². The SMILES string of the molecule is Cc1cc(C#N)ccc1CN1CCC[C@H]1CO. The summed E-state index contributed by atoms with van der Waals surface area (Å²) in [5, 5.41) is 18.1. The van der Waals surface area contributed by atoms with Crippen LogP contribution in [0.1, 0.15) is 29.5 Å². The Morgan fingerprint density at radius 1 is 1.53 bits per heavy atom. The fraction of sp³-hybridized carbons (Fsp3) is 0.500. The van der Waals surface area contributed by atoms with Crippen LogP contribution in [0.25, 0.3) is 0 Å². The van der Waals surface area contributed by atoms with E-state index in [2.05, 4.69) is 11.0 Å². The first-order valence-electron chi connectivity index (χ1n) is 6.09. The number of hydrogen-bond donors (Lipinski definition) is 1. The fourth-order valence-electron chi connectivity index (χ4n) is 2.47. The molecular formula is C14H18N2O. The Bertz CT molecular complexity index is 436. The van der Waals surface area contributed by atoms with Gasteiger partial charge in [-0.25, -0.2) is 0 Å². The molecule has 2 rings (SSSR count). The van der Waals surface area contributed by atoms with Crippen molar-refractivity contribution in [2.45, 2.75) is 32.4 Å². The molecule has 1 aliphatic heterocycles. The summed E-state index contributed by atoms with van der Waals surface area (Å²) in [7, 11) is 0. The molecule has 0 aliphatic carbocycles. The maximum Gasteiger partial charge on any atom is 0.0991 e. The molecule has 1 saturated heterocycles. The molecule has 0 bridgehead atoms. The smallest absolute Gasteiger partial charge is 0.0991 e. The second-order valence-electron chi connectivity index (χ2n) is 4.70. The highest BCUT2D eigenvalue weighted by Gasteiger charge is 2.23. The number of benzene rings is 1. The normalized spacial score (nSPS) is 20.4. The molecule has 0 saturated carbocycles. The molecule has 0 spiro atoms. The molecule has 1 atom stereocenters. The zero-order chi connectivity index (χ0) is 12.3. The summed E-state index contributed by atoms with van der Waals surface area (Å²) in [6, 6.07) is 8.29. The molecule has 1 N–H and O–H groups in total. The summed E-state index contributed by atoms with van der Waals surface area (Å²) in [6.07, 6.45) is 2.26. The number of rotatable bonds is 3. The van der Waals surface area contributed by atoms with Crippen molar-refractivity contribution >= 4 is 0 Å². The van der Waals surface area contributed by atoms with Crippen molar-refractivity contribution in [2.75, 3.05) is 13.2 Å². The van der Waals surface area contributed by atoms with Crippen LogP contribution in [0, 0.1) is 18.3 Å². The lowest BCUT2D eigenvalue weighted by atomic mass is 10.0. The van der Waals surface area contributed by atoms with E-state index in [1.165, 1.54) is 12.0 Å². The third-order valence-electron chi connectivity index (χ3n) is 3.55. The fourth-order valence-corrected chi connectivity index (χ4v) is 2.47. The highest BCUT2D eigenvalue weighted by Crippen LogP contribution is 2.21. The van der Waals surface area contributed by atoms with Crippen LogP contribution < -0.4 is 0 Å². The molecule has 1 aromatic rings. The summed E-state index contributed by atoms with van der Waals surface area (Å²) in [6.45, 7) is 4.23. The van der Waals surface area contributed by atoms with Gasteiger partial charge in [-0.2, -0.15) is 5.26 Å². The summed E-state index contributed by atoms with van der Waals surface area (Å²) in [5.74, 6) is 0. The van der Waals surface area contributed by atoms with E-state index in [0.717, 1.165) is 25.1 Å². The van der Waals surface area contributed by atoms with Crippen LogP contribution >= 0.6 is 0 Å². The zero-order valence-electron chi connectivity index (χ0n) is 10.2. The quantitative estimate of drug-likeness (QED) is 0.861. The van der Waals surface area contributed by atoms with Crippen LogP contribution in [-0.2, 0) is 6.54 Å². The minimum Gasteiger partial charge on any atom is -0.395 e. The van der Waals surface area contributed by atoms with Crippen molar-refractivity contribution < 1.29 is 5.11 Å². The molecule has 1 heterocycles. The number of nitrogens with zero attached hydrogens (tertiary/aromatic N) is 2. The van der Waals surface area contributed by atoms with Gasteiger partial charge < -0.3 is 5.11 Å². The van der Waals surface area contributed by atoms with E-state index in [1.54, 1.807) is 0 Å². The Hall–Kier alpha value is -1.37. The Kier molecular flexibility index (Phi) is 3.78. The van der Waals surface area contributed by atoms with Gasteiger partial charge >= 0.3 is 0 Å². The van der Waals surface area contributed by atoms with Crippen molar-refractivity contribution in [2.24, 2.45) is 0 Å². The molecule has 0 unspecified atom stereocenters. The topological polar surface area (TPSA) is 47.3 Å². The standard InChI is InChI=1S/C14H18N2O/c1-11-7-12(8-15)4-5-13(11)9-16-6-2-3-14(16)10-17/h4-5,7,14,17H,2-3,6,9-10H2,1H3/t14-/m0/s1. The minimum absolute atomic E-state index is 0.245. The van der Waals surface area contributed by atoms with Crippen LogP contribution in [0.4, 0.5) is 0 Å². The van der Waals surface area contributed by atoms with E-state index in [1.807, 2.05) is 25.1 Å². The van der Waals surface area contributed by atoms with Gasteiger partial charge in [0.25, 0.3) is 0 Å². The first kappa shape index (κ1) is 12.1. The van der Waals surface area contributed by atoms with E-state index in [-0.39, 0.29) is 6.61 Å². The van der Waals surface area contributed by atoms with Crippen LogP contribution in [0.5, 0.6) is 0 Å². The molecule has 0 aromatic heterocycles. The summed E-state index contributed by atoms with van der Waals surface area (Å²) >= 11 is 0. The lowest BCUT2D eigenvalue weighted by Gasteiger charge is -2.23. The molecule has 1 fully saturated rings. The summed E-state index contributed by atoms with van der Waals surface area (Å²) in [4.78, 5) is 2.33. The van der Waals surface area contributed by atoms with Crippen LogP contribution in [-0.4, -0.2) is 29.2 Å². The Morgan fingerprint density at radius 2 is 2.35 bits per heavy atom. The van der Waals surface area contributed by atoms with Gasteiger partial charge in [0.05, 0.1) is 18.2 Å². The van der Waals surface area contributed by atoms with E-state index >= 15 is 0 Å². The number of aryl methyl sites for hydroxylation is 1. The van der Waals surface area contributed by atoms with E-state index in [9.17, 15) is 5.11 Å². The van der Waals surface area contributed by atoms with Crippen molar-refractivity contribution in [3.8, 4) is 6.07 Å². The molecule has 17 heavy (non-hydrogen) atoms. The molecule has 0 amide bonds. The van der Waals surface area contributed by atoms with E-state index in [0.29, 0.717) is 11.6 Å². The van der Waals surface area contributed by atoms with Gasteiger partial charge in [-0.05, 0) is 49.6 Å². The second kappa shape index (κ2) is 5.31. The van der Waals surface area contributed by atoms with Crippen molar-refractivity contribution in [3.63, 3.8) is 0 Å². The molecule has 1 aliphatic rings. The number of hydrogen-bond acceptors (Lipinski definition) is 3. The predicted octanol–water partition coefficient (Wildman–Crippen LogP) is 1.82. The molecular weight excluding hydrogens is 212 g/mol. The van der Waals surface area contributed by atoms with E-state index < -0.39 is 0 Å². The monoisotopic (exact) mass is 230 g/mol. The Balaban J connectivity index is 2.11. The van der Waals surface area contributed by atoms with Crippen LogP contribution in [0.15, 0.2) is 18.2 Å². The number of nitriles is 1. The lowest BCUT2D eigenvalue weighted by Crippen LogP contribution is -2.31. The third kappa shape index (κ3) is 2.66. The zero-order valence-corrected chi connectivity index (χ0v) is 10.2. The average molecular weight is 230 g/mol. The predicted molar refractivity (Wildman–Crippen MR) is 66.4 cm³/mol. The maximum atomic E-state index is 9.28. The van der Waals surface area contributed by atoms with Gasteiger partial charge in [0.15, 0.2) is 0 Å². The van der Waals surface area contributed by atoms with Gasteiger partial charge in [0.1, 0.15) is 0 Å². The molecule has 0 radical (unpaired) electrons. The van der Waals surface area contributed by atoms with Crippen LogP contribution in [0.2, 0.25) is 0 Å². The highest BCUT2D eigenvalue weighted by molar-refractivity contribution is 5.37. The summed E-state index contributed by atoms with van der Waals surface area (Å²) in [5.41, 5.74) is 3.13. The highest BCUT2D eigenvalue weighted by atomic mass is 16.3. The first-order valence-corrected chi connectivity index (χ1v) is 6.09. The second-order valence-corrected chi connectivity index (χ2v) is 4.70. The van der Waals surface area contributed by atoms with Crippen LogP contribution in [0.3, 0.4) is 0 Å². The number of aliphatic hydroxyl groups excluding tert-OH is 1. The first-order chi connectivity index (χ1) is 8.24. The number of likely N-dealkylation sites (tertiary alicyclic amines) is 1. The maximum absolute atomic E-state index is 9.28. The van der Waals surface area contributed by atoms with Gasteiger partial charge in [0.2, 0.25) is 0 Å².